The molecule has 3 aromatic carbocycles. The summed E-state index contributed by atoms with van der Waals surface area (Å²) < 4.78 is 12.9. The van der Waals surface area contributed by atoms with Crippen molar-refractivity contribution in [1.82, 2.24) is 4.98 Å². The number of ether oxygens (including phenoxy) is 2. The number of aromatic hydroxyl groups is 1. The van der Waals surface area contributed by atoms with E-state index < -0.39 is 11.1 Å². The normalized spacial score (nSPS) is 22.4. The van der Waals surface area contributed by atoms with Crippen molar-refractivity contribution >= 4 is 16.8 Å². The number of rotatable bonds is 3. The highest BCUT2D eigenvalue weighted by atomic mass is 16.5. The van der Waals surface area contributed by atoms with Crippen molar-refractivity contribution in [2.45, 2.75) is 59.1 Å². The molecule has 5 heteroatoms. The Balaban J connectivity index is 1.41. The summed E-state index contributed by atoms with van der Waals surface area (Å²) in [7, 11) is 0. The summed E-state index contributed by atoms with van der Waals surface area (Å²) >= 11 is 0. The van der Waals surface area contributed by atoms with Crippen LogP contribution in [0.3, 0.4) is 0 Å². The van der Waals surface area contributed by atoms with E-state index in [1.807, 2.05) is 44.2 Å². The summed E-state index contributed by atoms with van der Waals surface area (Å²) in [5.41, 5.74) is 4.83. The van der Waals surface area contributed by atoms with Crippen LogP contribution in [-0.4, -0.2) is 21.6 Å². The SMILES string of the molecule is Cc1cc(Oc2ccc3cc(C)cc(O)c3n2)cc(C2=N[C@@]3(C(C)(C)C)c4ccccc4C[C@@]3(C)O2)c1. The zero-order valence-electron chi connectivity index (χ0n) is 22.2. The molecule has 2 aliphatic rings. The smallest absolute Gasteiger partial charge is 0.219 e. The maximum atomic E-state index is 10.4. The largest absolute Gasteiger partial charge is 0.506 e. The number of benzene rings is 3. The molecule has 0 fully saturated rings. The minimum Gasteiger partial charge on any atom is -0.506 e. The molecule has 2 heterocycles. The highest BCUT2D eigenvalue weighted by Gasteiger charge is 2.66. The summed E-state index contributed by atoms with van der Waals surface area (Å²) in [6, 6.07) is 22.0. The van der Waals surface area contributed by atoms with Crippen LogP contribution in [0.2, 0.25) is 0 Å². The third-order valence-corrected chi connectivity index (χ3v) is 7.79. The molecule has 1 aromatic heterocycles. The van der Waals surface area contributed by atoms with Gasteiger partial charge in [0.2, 0.25) is 11.8 Å². The van der Waals surface area contributed by atoms with Gasteiger partial charge >= 0.3 is 0 Å². The number of hydrogen-bond donors (Lipinski definition) is 1. The van der Waals surface area contributed by atoms with Crippen LogP contribution in [0.4, 0.5) is 0 Å². The Bertz CT molecular complexity index is 1600. The van der Waals surface area contributed by atoms with Crippen molar-refractivity contribution in [1.29, 1.82) is 0 Å². The van der Waals surface area contributed by atoms with Crippen molar-refractivity contribution in [3.8, 4) is 17.4 Å². The molecule has 5 nitrogen and oxygen atoms in total. The first-order chi connectivity index (χ1) is 17.5. The van der Waals surface area contributed by atoms with E-state index in [1.54, 1.807) is 6.07 Å². The Labute approximate surface area is 217 Å². The summed E-state index contributed by atoms with van der Waals surface area (Å²) in [4.78, 5) is 9.94. The molecule has 0 spiro atoms. The van der Waals surface area contributed by atoms with Crippen LogP contribution in [0.1, 0.15) is 55.5 Å². The Kier molecular flexibility index (Phi) is 4.97. The Morgan fingerprint density at radius 3 is 2.49 bits per heavy atom. The van der Waals surface area contributed by atoms with Crippen molar-refractivity contribution in [2.24, 2.45) is 10.4 Å². The average molecular weight is 493 g/mol. The monoisotopic (exact) mass is 492 g/mol. The first kappa shape index (κ1) is 23.5. The van der Waals surface area contributed by atoms with E-state index in [0.29, 0.717) is 23.0 Å². The maximum absolute atomic E-state index is 10.4. The van der Waals surface area contributed by atoms with Gasteiger partial charge in [0.25, 0.3) is 0 Å². The van der Waals surface area contributed by atoms with Crippen LogP contribution in [0.5, 0.6) is 17.4 Å². The molecule has 0 bridgehead atoms. The topological polar surface area (TPSA) is 63.9 Å². The van der Waals surface area contributed by atoms with E-state index >= 15 is 0 Å². The quantitative estimate of drug-likeness (QED) is 0.324. The van der Waals surface area contributed by atoms with E-state index in [4.69, 9.17) is 14.5 Å². The highest BCUT2D eigenvalue weighted by molar-refractivity contribution is 5.97. The summed E-state index contributed by atoms with van der Waals surface area (Å²) in [5, 5.41) is 11.3. The number of aromatic nitrogens is 1. The van der Waals surface area contributed by atoms with E-state index in [1.165, 1.54) is 11.1 Å². The molecule has 2 atom stereocenters. The fourth-order valence-electron chi connectivity index (χ4n) is 6.42. The molecule has 188 valence electrons. The minimum atomic E-state index is -0.494. The highest BCUT2D eigenvalue weighted by Crippen LogP contribution is 2.61. The molecule has 0 unspecified atom stereocenters. The first-order valence-electron chi connectivity index (χ1n) is 12.8. The number of phenolic OH excluding ortho intramolecular Hbond substituents is 1. The number of fused-ring (bicyclic) bond motifs is 4. The van der Waals surface area contributed by atoms with Gasteiger partial charge in [-0.1, -0.05) is 45.0 Å². The Morgan fingerprint density at radius 2 is 1.70 bits per heavy atom. The van der Waals surface area contributed by atoms with Gasteiger partial charge in [-0.15, -0.1) is 0 Å². The molecule has 0 radical (unpaired) electrons. The molecule has 4 aromatic rings. The Morgan fingerprint density at radius 1 is 0.946 bits per heavy atom. The van der Waals surface area contributed by atoms with Crippen LogP contribution < -0.4 is 4.74 Å². The number of phenols is 1. The second-order valence-corrected chi connectivity index (χ2v) is 11.7. The lowest BCUT2D eigenvalue weighted by Crippen LogP contribution is -2.51. The average Bonchev–Trinajstić information content (AvgIpc) is 3.26. The predicted octanol–water partition coefficient (Wildman–Crippen LogP) is 7.38. The summed E-state index contributed by atoms with van der Waals surface area (Å²) in [6.45, 7) is 12.9. The van der Waals surface area contributed by atoms with Crippen molar-refractivity contribution in [3.63, 3.8) is 0 Å². The molecular weight excluding hydrogens is 460 g/mol. The molecule has 6 rings (SSSR count). The van der Waals surface area contributed by atoms with E-state index in [2.05, 4.69) is 63.0 Å². The molecule has 1 aliphatic carbocycles. The molecule has 0 amide bonds. The lowest BCUT2D eigenvalue weighted by molar-refractivity contribution is -0.0165. The van der Waals surface area contributed by atoms with Crippen LogP contribution in [0.25, 0.3) is 10.9 Å². The van der Waals surface area contributed by atoms with Gasteiger partial charge in [0.05, 0.1) is 0 Å². The summed E-state index contributed by atoms with van der Waals surface area (Å²) in [6.07, 6.45) is 0.812. The number of aryl methyl sites for hydroxylation is 2. The lowest BCUT2D eigenvalue weighted by atomic mass is 9.64. The molecule has 1 N–H and O–H groups in total. The fraction of sp³-hybridized carbons (Fsp3) is 0.312. The van der Waals surface area contributed by atoms with Gasteiger partial charge in [-0.05, 0) is 84.8 Å². The van der Waals surface area contributed by atoms with Crippen molar-refractivity contribution < 1.29 is 14.6 Å². The molecule has 0 saturated carbocycles. The predicted molar refractivity (Wildman–Crippen MR) is 147 cm³/mol. The third kappa shape index (κ3) is 3.51. The number of pyridine rings is 1. The van der Waals surface area contributed by atoms with E-state index in [9.17, 15) is 5.11 Å². The maximum Gasteiger partial charge on any atom is 0.219 e. The number of nitrogens with zero attached hydrogens (tertiary/aromatic N) is 2. The fourth-order valence-corrected chi connectivity index (χ4v) is 6.42. The van der Waals surface area contributed by atoms with Crippen molar-refractivity contribution in [2.75, 3.05) is 0 Å². The van der Waals surface area contributed by atoms with Gasteiger partial charge in [0.15, 0.2) is 0 Å². The van der Waals surface area contributed by atoms with Gasteiger partial charge in [-0.2, -0.15) is 0 Å². The molecule has 1 aliphatic heterocycles. The van der Waals surface area contributed by atoms with Gasteiger partial charge in [-0.3, -0.25) is 0 Å². The standard InChI is InChI=1S/C32H32N2O3/c1-19-14-23(17-24(15-19)36-27-12-11-21-13-20(2)16-26(35)28(21)33-27)29-34-32(30(3,4)5)25-10-8-7-9-22(25)18-31(32,6)37-29/h7-17,35H,18H2,1-6H3/t31-,32-/m1/s1. The zero-order chi connectivity index (χ0) is 26.2. The number of hydrogen-bond acceptors (Lipinski definition) is 5. The van der Waals surface area contributed by atoms with Gasteiger partial charge < -0.3 is 14.6 Å². The third-order valence-electron chi connectivity index (χ3n) is 7.79. The second-order valence-electron chi connectivity index (χ2n) is 11.7. The summed E-state index contributed by atoms with van der Waals surface area (Å²) in [5.74, 6) is 1.85. The van der Waals surface area contributed by atoms with Crippen LogP contribution in [0, 0.1) is 19.3 Å². The van der Waals surface area contributed by atoms with E-state index in [-0.39, 0.29) is 11.2 Å². The molecular formula is C32H32N2O3. The molecule has 37 heavy (non-hydrogen) atoms. The second kappa shape index (κ2) is 7.82. The van der Waals surface area contributed by atoms with Crippen LogP contribution in [-0.2, 0) is 16.7 Å². The van der Waals surface area contributed by atoms with Gasteiger partial charge in [-0.25, -0.2) is 9.98 Å². The zero-order valence-corrected chi connectivity index (χ0v) is 22.2. The molecule has 0 saturated heterocycles. The Hall–Kier alpha value is -3.86. The van der Waals surface area contributed by atoms with Gasteiger partial charge in [0, 0.05) is 23.4 Å². The van der Waals surface area contributed by atoms with Crippen LogP contribution in [0.15, 0.2) is 71.7 Å². The van der Waals surface area contributed by atoms with E-state index in [0.717, 1.165) is 28.5 Å². The van der Waals surface area contributed by atoms with Crippen molar-refractivity contribution in [3.05, 3.63) is 94.5 Å². The minimum absolute atomic E-state index is 0.145. The first-order valence-corrected chi connectivity index (χ1v) is 12.8. The van der Waals surface area contributed by atoms with Crippen LogP contribution >= 0.6 is 0 Å². The lowest BCUT2D eigenvalue weighted by Gasteiger charge is -2.44. The number of aliphatic imine (C=N–C) groups is 1. The van der Waals surface area contributed by atoms with Gasteiger partial charge in [0.1, 0.15) is 28.2 Å².